The Labute approximate surface area is 860 Å². The molecule has 0 atom stereocenters. The van der Waals surface area contributed by atoms with Crippen molar-refractivity contribution in [3.8, 4) is 149 Å². The molecule has 0 spiro atoms. The average Bonchev–Trinajstić information content (AvgIpc) is 1.56. The van der Waals surface area contributed by atoms with Crippen LogP contribution in [0.25, 0.3) is 237 Å². The molecule has 0 fully saturated rings. The average molecular weight is 1910 g/mol. The minimum absolute atomic E-state index is 0.550. The van der Waals surface area contributed by atoms with Crippen LogP contribution in [0, 0.1) is 97.2 Å². The number of aromatic nitrogens is 6. The van der Waals surface area contributed by atoms with E-state index >= 15 is 0 Å². The number of hydrogen-bond acceptors (Lipinski definition) is 8. The van der Waals surface area contributed by atoms with Crippen LogP contribution < -0.4 is 0 Å². The van der Waals surface area contributed by atoms with E-state index in [1.807, 2.05) is 231 Å². The molecule has 0 radical (unpaired) electrons. The minimum Gasteiger partial charge on any atom is -0.310 e. The highest BCUT2D eigenvalue weighted by Crippen LogP contribution is 2.49. The molecule has 6 heterocycles. The summed E-state index contributed by atoms with van der Waals surface area (Å²) in [7, 11) is 0. The number of hydrogen-bond donors (Lipinski definition) is 0. The molecule has 0 bridgehead atoms. The maximum absolute atomic E-state index is 10.5. The summed E-state index contributed by atoms with van der Waals surface area (Å²) in [6.07, 6.45) is 0. The number of para-hydroxylation sites is 7. The van der Waals surface area contributed by atoms with Crippen LogP contribution in [0.4, 0.5) is 5.69 Å². The molecule has 27 rings (SSSR count). The Morgan fingerprint density at radius 2 is 0.487 bits per heavy atom. The zero-order chi connectivity index (χ0) is 101. The lowest BCUT2D eigenvalue weighted by molar-refractivity contribution is 1.17. The number of benzene rings is 21. The summed E-state index contributed by atoms with van der Waals surface area (Å²) in [6.45, 7) is 7.71. The molecule has 0 amide bonds. The van der Waals surface area contributed by atoms with Gasteiger partial charge in [-0.15, -0.1) is 0 Å². The van der Waals surface area contributed by atoms with Gasteiger partial charge in [-0.25, -0.2) is 4.85 Å². The predicted molar refractivity (Wildman–Crippen MR) is 602 cm³/mol. The lowest BCUT2D eigenvalue weighted by atomic mass is 9.90. The van der Waals surface area contributed by atoms with Gasteiger partial charge in [-0.3, -0.25) is 0 Å². The Morgan fingerprint density at radius 1 is 0.180 bits per heavy atom. The van der Waals surface area contributed by atoms with Gasteiger partial charge >= 0.3 is 0 Å². The topological polar surface area (TPSA) is 224 Å². The van der Waals surface area contributed by atoms with E-state index in [-0.39, 0.29) is 0 Å². The largest absolute Gasteiger partial charge is 0.310 e. The molecule has 690 valence electrons. The normalized spacial score (nSPS) is 11.1. The highest BCUT2D eigenvalue weighted by molar-refractivity contribution is 6.17. The quantitative estimate of drug-likeness (QED) is 0.107. The van der Waals surface area contributed by atoms with Gasteiger partial charge in [-0.1, -0.05) is 261 Å². The maximum atomic E-state index is 10.5. The van der Waals surface area contributed by atoms with E-state index in [1.54, 1.807) is 0 Å². The molecule has 0 aliphatic carbocycles. The van der Waals surface area contributed by atoms with Gasteiger partial charge in [0.05, 0.1) is 171 Å². The van der Waals surface area contributed by atoms with Gasteiger partial charge in [-0.05, 0) is 244 Å². The number of nitrogens with zero attached hydrogens (tertiary/aromatic N) is 15. The highest BCUT2D eigenvalue weighted by Gasteiger charge is 2.28. The van der Waals surface area contributed by atoms with E-state index in [0.29, 0.717) is 50.2 Å². The van der Waals surface area contributed by atoms with Gasteiger partial charge < -0.3 is 27.4 Å². The van der Waals surface area contributed by atoms with Crippen LogP contribution in [0.15, 0.2) is 455 Å². The first-order valence-corrected chi connectivity index (χ1v) is 48.8. The van der Waals surface area contributed by atoms with Gasteiger partial charge in [0, 0.05) is 104 Å². The Balaban J connectivity index is 0.000000116. The molecule has 15 nitrogen and oxygen atoms in total. The summed E-state index contributed by atoms with van der Waals surface area (Å²) in [5.74, 6) is 0. The van der Waals surface area contributed by atoms with E-state index in [0.717, 1.165) is 221 Å². The minimum atomic E-state index is 0.550. The second-order valence-corrected chi connectivity index (χ2v) is 36.8. The van der Waals surface area contributed by atoms with E-state index in [9.17, 15) is 42.1 Å². The molecular formula is C135H75N15. The standard InChI is InChI=1S/3C45H25N5/c1-48-32-20-23-37-35-11-4-7-15-41(35)50(44(37)26-32)43-16-8-9-31(28-47)45(43)38-13-3-2-10-34(38)30-18-21-33(22-19-30)49-40-14-6-5-12-36(40)39-25-29(27-46)17-24-42(39)49;46-26-29-19-24-42-39(25-29)36-13-4-5-16-40(36)49(42)33-22-20-30(21-23-33)34-11-1-2-14-37(34)44-31(27-47)9-8-18-43(44)50-41-17-6-3-12-35(41)38-15-7-10-32(28-48)45(38)50;46-26-29-16-22-42(50-40-13-5-3-11-36(40)37-12-4-6-14-41(37)50)38(24-29)35-10-2-1-9-34(35)31-18-20-33(21-19-31)49-43-23-17-30(27-47)25-39(43)45-32(28-48)8-7-15-44(45)49/h2-26H;2*1-25H. The molecule has 0 aliphatic heterocycles. The zero-order valence-electron chi connectivity index (χ0n) is 80.0. The van der Waals surface area contributed by atoms with Crippen LogP contribution in [0.5, 0.6) is 0 Å². The third kappa shape index (κ3) is 14.7. The zero-order valence-corrected chi connectivity index (χ0v) is 80.0. The Bertz CT molecular complexity index is 10800. The second-order valence-electron chi connectivity index (χ2n) is 36.8. The summed E-state index contributed by atoms with van der Waals surface area (Å²) in [5, 5.41) is 92.5. The molecule has 0 saturated carbocycles. The first-order chi connectivity index (χ1) is 74.0. The Morgan fingerprint density at radius 3 is 0.933 bits per heavy atom. The van der Waals surface area contributed by atoms with Crippen LogP contribution in [-0.4, -0.2) is 27.4 Å². The van der Waals surface area contributed by atoms with Crippen molar-refractivity contribution in [2.24, 2.45) is 0 Å². The number of nitriles is 8. The van der Waals surface area contributed by atoms with Crippen LogP contribution in [0.3, 0.4) is 0 Å². The van der Waals surface area contributed by atoms with Crippen molar-refractivity contribution in [3.63, 3.8) is 0 Å². The van der Waals surface area contributed by atoms with Crippen LogP contribution in [-0.2, 0) is 0 Å². The number of fused-ring (bicyclic) bond motifs is 18. The van der Waals surface area contributed by atoms with Gasteiger partial charge in [0.2, 0.25) is 0 Å². The van der Waals surface area contributed by atoms with Gasteiger partial charge in [0.1, 0.15) is 6.07 Å². The molecule has 6 aromatic heterocycles. The maximum Gasteiger partial charge on any atom is 0.189 e. The smallest absolute Gasteiger partial charge is 0.189 e. The SMILES string of the molecule is N#Cc1ccc(-n2c3ccccc3c3ccccc32)c(-c2ccccc2-c2ccc(-n3c4ccc(C#N)cc4c4c(C#N)cccc43)cc2)c1.N#Cc1ccc2c(c1)c1ccccc1n2-c1ccc(-c2ccccc2-c2c(C#N)cccc2-n2c3ccccc3c3cccc(C#N)c32)cc1.[C-]#[N+]c1ccc2c3ccccc3n(-c3cccc(C#N)c3-c3ccccc3-c3ccc(-n4c5ccccc5c5cc(C#N)ccc54)cc3)c2c1. The van der Waals surface area contributed by atoms with E-state index in [4.69, 9.17) is 6.57 Å². The van der Waals surface area contributed by atoms with Gasteiger partial charge in [-0.2, -0.15) is 42.1 Å². The Kier molecular flexibility index (Phi) is 22.0. The predicted octanol–water partition coefficient (Wildman–Crippen LogP) is 33.2. The van der Waals surface area contributed by atoms with Crippen molar-refractivity contribution in [2.45, 2.75) is 0 Å². The summed E-state index contributed by atoms with van der Waals surface area (Å²) in [4.78, 5) is 3.73. The molecule has 0 aliphatic rings. The lowest BCUT2D eigenvalue weighted by Gasteiger charge is -2.19. The van der Waals surface area contributed by atoms with Crippen molar-refractivity contribution < 1.29 is 0 Å². The van der Waals surface area contributed by atoms with Crippen molar-refractivity contribution in [2.75, 3.05) is 0 Å². The molecule has 15 heteroatoms. The van der Waals surface area contributed by atoms with E-state index in [1.165, 1.54) is 10.8 Å². The van der Waals surface area contributed by atoms with Crippen molar-refractivity contribution in [3.05, 3.63) is 511 Å². The van der Waals surface area contributed by atoms with Crippen molar-refractivity contribution in [1.29, 1.82) is 42.1 Å². The highest BCUT2D eigenvalue weighted by atomic mass is 15.0. The number of rotatable bonds is 12. The molecule has 27 aromatic rings. The van der Waals surface area contributed by atoms with E-state index in [2.05, 4.69) is 305 Å². The van der Waals surface area contributed by atoms with Crippen LogP contribution >= 0.6 is 0 Å². The van der Waals surface area contributed by atoms with Crippen molar-refractivity contribution >= 4 is 137 Å². The van der Waals surface area contributed by atoms with E-state index < -0.39 is 0 Å². The molecule has 0 saturated heterocycles. The van der Waals surface area contributed by atoms with Crippen LogP contribution in [0.1, 0.15) is 44.5 Å². The summed E-state index contributed by atoms with van der Waals surface area (Å²) < 4.78 is 13.3. The Hall–Kier alpha value is -22.2. The molecule has 0 unspecified atom stereocenters. The monoisotopic (exact) mass is 1910 g/mol. The first kappa shape index (κ1) is 89.2. The first-order valence-electron chi connectivity index (χ1n) is 48.8. The van der Waals surface area contributed by atoms with Gasteiger partial charge in [0.15, 0.2) is 5.69 Å². The fourth-order valence-corrected chi connectivity index (χ4v) is 22.4. The van der Waals surface area contributed by atoms with Crippen LogP contribution in [0.2, 0.25) is 0 Å². The summed E-state index contributed by atoms with van der Waals surface area (Å²) in [6, 6.07) is 171. The summed E-state index contributed by atoms with van der Waals surface area (Å²) in [5.41, 5.74) is 34.5. The third-order valence-corrected chi connectivity index (χ3v) is 28.9. The molecule has 21 aromatic carbocycles. The fourth-order valence-electron chi connectivity index (χ4n) is 22.4. The summed E-state index contributed by atoms with van der Waals surface area (Å²) >= 11 is 0. The molecule has 0 N–H and O–H groups in total. The van der Waals surface area contributed by atoms with Gasteiger partial charge in [0.25, 0.3) is 0 Å². The third-order valence-electron chi connectivity index (χ3n) is 28.9. The second kappa shape index (κ2) is 37.0. The molecule has 150 heavy (non-hydrogen) atoms. The fraction of sp³-hybridized carbons (Fsp3) is 0. The van der Waals surface area contributed by atoms with Crippen molar-refractivity contribution in [1.82, 2.24) is 27.4 Å². The molecular weight excluding hydrogens is 1830 g/mol. The lowest BCUT2D eigenvalue weighted by Crippen LogP contribution is -2.01.